The number of rotatable bonds is 8. The molecule has 30 heavy (non-hydrogen) atoms. The van der Waals surface area contributed by atoms with Crippen LogP contribution in [0, 0.1) is 0 Å². The average molecular weight is 451 g/mol. The lowest BCUT2D eigenvalue weighted by molar-refractivity contribution is -0.121. The van der Waals surface area contributed by atoms with Crippen LogP contribution >= 0.6 is 11.6 Å². The van der Waals surface area contributed by atoms with Crippen molar-refractivity contribution in [3.8, 4) is 0 Å². The zero-order valence-corrected chi connectivity index (χ0v) is 18.6. The van der Waals surface area contributed by atoms with Crippen LogP contribution in [0.15, 0.2) is 59.5 Å². The minimum atomic E-state index is -3.73. The third-order valence-electron chi connectivity index (χ3n) is 5.13. The van der Waals surface area contributed by atoms with Gasteiger partial charge < -0.3 is 10.2 Å². The molecule has 2 aromatic carbocycles. The summed E-state index contributed by atoms with van der Waals surface area (Å²) in [6.45, 7) is 4.74. The van der Waals surface area contributed by atoms with Crippen molar-refractivity contribution in [3.63, 3.8) is 0 Å². The Bertz CT molecular complexity index is 930. The number of carbonyl (C=O) groups is 1. The van der Waals surface area contributed by atoms with Crippen LogP contribution in [0.4, 0.5) is 5.69 Å². The normalized spacial score (nSPS) is 15.4. The predicted octanol–water partition coefficient (Wildman–Crippen LogP) is 1.90. The molecule has 1 fully saturated rings. The van der Waals surface area contributed by atoms with Gasteiger partial charge in [-0.25, -0.2) is 8.42 Å². The van der Waals surface area contributed by atoms with Crippen LogP contribution in [-0.2, 0) is 14.8 Å². The van der Waals surface area contributed by atoms with Crippen molar-refractivity contribution >= 4 is 33.2 Å². The molecule has 0 spiro atoms. The fourth-order valence-corrected chi connectivity index (χ4v) is 4.60. The first-order valence-corrected chi connectivity index (χ1v) is 11.7. The van der Waals surface area contributed by atoms with Gasteiger partial charge in [-0.05, 0) is 36.4 Å². The predicted molar refractivity (Wildman–Crippen MR) is 119 cm³/mol. The van der Waals surface area contributed by atoms with E-state index in [0.29, 0.717) is 11.6 Å². The molecule has 0 aliphatic carbocycles. The number of likely N-dealkylation sites (N-methyl/N-ethyl adjacent to an activating group) is 1. The Labute approximate surface area is 183 Å². The molecule has 0 bridgehead atoms. The highest BCUT2D eigenvalue weighted by molar-refractivity contribution is 7.89. The van der Waals surface area contributed by atoms with Gasteiger partial charge >= 0.3 is 0 Å². The molecule has 0 saturated carbocycles. The molecule has 9 heteroatoms. The Hall–Kier alpha value is -2.13. The Morgan fingerprint density at radius 2 is 1.67 bits per heavy atom. The summed E-state index contributed by atoms with van der Waals surface area (Å²) in [5.74, 6) is -0.321. The van der Waals surface area contributed by atoms with Gasteiger partial charge in [0.25, 0.3) is 0 Å². The monoisotopic (exact) mass is 450 g/mol. The van der Waals surface area contributed by atoms with Crippen LogP contribution in [0.3, 0.4) is 0 Å². The van der Waals surface area contributed by atoms with E-state index in [0.717, 1.165) is 37.0 Å². The molecule has 3 rings (SSSR count). The van der Waals surface area contributed by atoms with Crippen molar-refractivity contribution in [2.75, 3.05) is 57.8 Å². The Kier molecular flexibility index (Phi) is 7.71. The molecule has 0 atom stereocenters. The van der Waals surface area contributed by atoms with Crippen molar-refractivity contribution in [2.24, 2.45) is 0 Å². The number of para-hydroxylation sites is 1. The summed E-state index contributed by atoms with van der Waals surface area (Å²) < 4.78 is 26.1. The van der Waals surface area contributed by atoms with Gasteiger partial charge in [0, 0.05) is 57.0 Å². The number of piperazine rings is 1. The molecule has 1 saturated heterocycles. The highest BCUT2D eigenvalue weighted by Crippen LogP contribution is 2.17. The minimum Gasteiger partial charge on any atom is -0.369 e. The van der Waals surface area contributed by atoms with Crippen molar-refractivity contribution < 1.29 is 13.2 Å². The molecule has 162 valence electrons. The fourth-order valence-electron chi connectivity index (χ4n) is 3.35. The molecule has 1 heterocycles. The van der Waals surface area contributed by atoms with Crippen LogP contribution in [-0.4, -0.2) is 76.4 Å². The Balaban J connectivity index is 1.39. The second-order valence-corrected chi connectivity index (χ2v) is 9.71. The SMILES string of the molecule is CN(CC(=O)NCCN1CCN(c2ccccc2)CC1)S(=O)(=O)c1ccc(Cl)cc1. The smallest absolute Gasteiger partial charge is 0.243 e. The first kappa shape index (κ1) is 22.6. The summed E-state index contributed by atoms with van der Waals surface area (Å²) in [5.41, 5.74) is 1.23. The van der Waals surface area contributed by atoms with Crippen molar-refractivity contribution in [3.05, 3.63) is 59.6 Å². The van der Waals surface area contributed by atoms with Gasteiger partial charge in [-0.3, -0.25) is 9.69 Å². The maximum absolute atomic E-state index is 12.5. The number of halogens is 1. The van der Waals surface area contributed by atoms with E-state index in [2.05, 4.69) is 27.2 Å². The second kappa shape index (κ2) is 10.3. The molecule has 1 amide bonds. The first-order valence-electron chi connectivity index (χ1n) is 9.87. The fraction of sp³-hybridized carbons (Fsp3) is 0.381. The van der Waals surface area contributed by atoms with E-state index in [9.17, 15) is 13.2 Å². The van der Waals surface area contributed by atoms with E-state index in [-0.39, 0.29) is 17.3 Å². The third-order valence-corrected chi connectivity index (χ3v) is 7.20. The molecule has 1 aliphatic rings. The highest BCUT2D eigenvalue weighted by atomic mass is 35.5. The van der Waals surface area contributed by atoms with Gasteiger partial charge in [0.05, 0.1) is 11.4 Å². The summed E-state index contributed by atoms with van der Waals surface area (Å²) in [6, 6.07) is 16.2. The van der Waals surface area contributed by atoms with Gasteiger partial charge in [0.2, 0.25) is 15.9 Å². The Morgan fingerprint density at radius 3 is 2.30 bits per heavy atom. The van der Waals surface area contributed by atoms with Gasteiger partial charge in [0.15, 0.2) is 0 Å². The summed E-state index contributed by atoms with van der Waals surface area (Å²) in [5, 5.41) is 3.27. The standard InChI is InChI=1S/C21H27ClN4O3S/c1-24(30(28,29)20-9-7-18(22)8-10-20)17-21(27)23-11-12-25-13-15-26(16-14-25)19-5-3-2-4-6-19/h2-10H,11-17H2,1H3,(H,23,27). The molecular formula is C21H27ClN4O3S. The number of anilines is 1. The lowest BCUT2D eigenvalue weighted by Gasteiger charge is -2.36. The summed E-state index contributed by atoms with van der Waals surface area (Å²) in [4.78, 5) is 17.0. The van der Waals surface area contributed by atoms with E-state index < -0.39 is 10.0 Å². The molecule has 0 radical (unpaired) electrons. The van der Waals surface area contributed by atoms with E-state index in [1.165, 1.54) is 37.0 Å². The number of benzene rings is 2. The molecular weight excluding hydrogens is 424 g/mol. The van der Waals surface area contributed by atoms with Gasteiger partial charge in [-0.15, -0.1) is 0 Å². The van der Waals surface area contributed by atoms with Crippen LogP contribution in [0.5, 0.6) is 0 Å². The number of carbonyl (C=O) groups excluding carboxylic acids is 1. The van der Waals surface area contributed by atoms with E-state index in [1.54, 1.807) is 0 Å². The number of nitrogens with one attached hydrogen (secondary N) is 1. The topological polar surface area (TPSA) is 73.0 Å². The van der Waals surface area contributed by atoms with Gasteiger partial charge in [0.1, 0.15) is 0 Å². The largest absolute Gasteiger partial charge is 0.369 e. The first-order chi connectivity index (χ1) is 14.4. The molecule has 7 nitrogen and oxygen atoms in total. The van der Waals surface area contributed by atoms with Crippen molar-refractivity contribution in [2.45, 2.75) is 4.90 Å². The second-order valence-electron chi connectivity index (χ2n) is 7.23. The van der Waals surface area contributed by atoms with Crippen LogP contribution in [0.1, 0.15) is 0 Å². The van der Waals surface area contributed by atoms with E-state index in [4.69, 9.17) is 11.6 Å². The average Bonchev–Trinajstić information content (AvgIpc) is 2.75. The number of nitrogens with zero attached hydrogens (tertiary/aromatic N) is 3. The maximum Gasteiger partial charge on any atom is 0.243 e. The molecule has 1 N–H and O–H groups in total. The number of hydrogen-bond donors (Lipinski definition) is 1. The minimum absolute atomic E-state index is 0.110. The Morgan fingerprint density at radius 1 is 1.03 bits per heavy atom. The zero-order chi connectivity index (χ0) is 21.6. The molecule has 2 aromatic rings. The van der Waals surface area contributed by atoms with Crippen molar-refractivity contribution in [1.82, 2.24) is 14.5 Å². The maximum atomic E-state index is 12.5. The summed E-state index contributed by atoms with van der Waals surface area (Å²) in [7, 11) is -2.34. The van der Waals surface area contributed by atoms with Crippen molar-refractivity contribution in [1.29, 1.82) is 0 Å². The quantitative estimate of drug-likeness (QED) is 0.665. The molecule has 1 aliphatic heterocycles. The number of hydrogen-bond acceptors (Lipinski definition) is 5. The van der Waals surface area contributed by atoms with Crippen LogP contribution in [0.2, 0.25) is 5.02 Å². The number of sulfonamides is 1. The molecule has 0 aromatic heterocycles. The van der Waals surface area contributed by atoms with Crippen LogP contribution in [0.25, 0.3) is 0 Å². The van der Waals surface area contributed by atoms with E-state index in [1.807, 2.05) is 18.2 Å². The molecule has 0 unspecified atom stereocenters. The third kappa shape index (κ3) is 5.95. The van der Waals surface area contributed by atoms with Gasteiger partial charge in [-0.2, -0.15) is 4.31 Å². The summed E-state index contributed by atoms with van der Waals surface area (Å²) >= 11 is 5.81. The van der Waals surface area contributed by atoms with Crippen LogP contribution < -0.4 is 10.2 Å². The lowest BCUT2D eigenvalue weighted by atomic mass is 10.2. The number of amides is 1. The highest BCUT2D eigenvalue weighted by Gasteiger charge is 2.23. The summed E-state index contributed by atoms with van der Waals surface area (Å²) in [6.07, 6.45) is 0. The van der Waals surface area contributed by atoms with E-state index >= 15 is 0 Å². The van der Waals surface area contributed by atoms with Gasteiger partial charge in [-0.1, -0.05) is 29.8 Å². The zero-order valence-electron chi connectivity index (χ0n) is 17.0. The lowest BCUT2D eigenvalue weighted by Crippen LogP contribution is -2.49.